The number of amides is 1. The summed E-state index contributed by atoms with van der Waals surface area (Å²) in [6.45, 7) is 0. The molecule has 1 heterocycles. The van der Waals surface area contributed by atoms with Gasteiger partial charge < -0.3 is 0 Å². The van der Waals surface area contributed by atoms with E-state index in [0.29, 0.717) is 16.1 Å². The SMILES string of the molecule is O=C(Nc1nnc(C2CC2)s1)c1cc(Cl)ccc1F. The molecule has 0 bridgehead atoms. The van der Waals surface area contributed by atoms with Gasteiger partial charge in [-0.05, 0) is 31.0 Å². The maximum absolute atomic E-state index is 13.5. The van der Waals surface area contributed by atoms with Crippen molar-refractivity contribution in [3.63, 3.8) is 0 Å². The highest BCUT2D eigenvalue weighted by Crippen LogP contribution is 2.42. The van der Waals surface area contributed by atoms with Gasteiger partial charge in [0.15, 0.2) is 0 Å². The third kappa shape index (κ3) is 2.74. The molecule has 1 aliphatic rings. The second-order valence-corrected chi connectivity index (χ2v) is 5.74. The Morgan fingerprint density at radius 3 is 2.95 bits per heavy atom. The Labute approximate surface area is 117 Å². The summed E-state index contributed by atoms with van der Waals surface area (Å²) in [7, 11) is 0. The third-order valence-corrected chi connectivity index (χ3v) is 4.00. The number of hydrogen-bond acceptors (Lipinski definition) is 4. The van der Waals surface area contributed by atoms with Gasteiger partial charge in [-0.2, -0.15) is 0 Å². The van der Waals surface area contributed by atoms with Crippen LogP contribution in [0.4, 0.5) is 9.52 Å². The van der Waals surface area contributed by atoms with Crippen molar-refractivity contribution in [2.75, 3.05) is 5.32 Å². The van der Waals surface area contributed by atoms with Gasteiger partial charge >= 0.3 is 0 Å². The number of hydrogen-bond donors (Lipinski definition) is 1. The summed E-state index contributed by atoms with van der Waals surface area (Å²) >= 11 is 7.07. The molecule has 0 unspecified atom stereocenters. The normalized spacial score (nSPS) is 14.4. The molecule has 1 aliphatic carbocycles. The van der Waals surface area contributed by atoms with Crippen molar-refractivity contribution in [1.82, 2.24) is 10.2 Å². The Hall–Kier alpha value is -1.53. The standard InChI is InChI=1S/C12H9ClFN3OS/c13-7-3-4-9(14)8(5-7)10(18)15-12-17-16-11(19-12)6-1-2-6/h3-6H,1-2H2,(H,15,17,18). The zero-order valence-electron chi connectivity index (χ0n) is 9.69. The number of aromatic nitrogens is 2. The maximum Gasteiger partial charge on any atom is 0.260 e. The fraction of sp³-hybridized carbons (Fsp3) is 0.250. The van der Waals surface area contributed by atoms with Gasteiger partial charge in [0.1, 0.15) is 10.8 Å². The van der Waals surface area contributed by atoms with E-state index in [4.69, 9.17) is 11.6 Å². The van der Waals surface area contributed by atoms with Gasteiger partial charge in [-0.1, -0.05) is 22.9 Å². The van der Waals surface area contributed by atoms with Crippen molar-refractivity contribution in [2.45, 2.75) is 18.8 Å². The summed E-state index contributed by atoms with van der Waals surface area (Å²) < 4.78 is 13.5. The molecule has 4 nitrogen and oxygen atoms in total. The van der Waals surface area contributed by atoms with E-state index in [0.717, 1.165) is 23.9 Å². The predicted octanol–water partition coefficient (Wildman–Crippen LogP) is 3.46. The van der Waals surface area contributed by atoms with E-state index in [1.165, 1.54) is 23.5 Å². The second-order valence-electron chi connectivity index (χ2n) is 4.30. The van der Waals surface area contributed by atoms with Gasteiger partial charge in [0, 0.05) is 10.9 Å². The Morgan fingerprint density at radius 2 is 2.21 bits per heavy atom. The van der Waals surface area contributed by atoms with Crippen LogP contribution in [0.2, 0.25) is 5.02 Å². The van der Waals surface area contributed by atoms with Crippen molar-refractivity contribution in [1.29, 1.82) is 0 Å². The van der Waals surface area contributed by atoms with Crippen LogP contribution in [0, 0.1) is 5.82 Å². The van der Waals surface area contributed by atoms with E-state index in [-0.39, 0.29) is 5.56 Å². The molecule has 0 atom stereocenters. The van der Waals surface area contributed by atoms with E-state index in [2.05, 4.69) is 15.5 Å². The summed E-state index contributed by atoms with van der Waals surface area (Å²) in [4.78, 5) is 11.9. The van der Waals surface area contributed by atoms with Crippen molar-refractivity contribution in [2.24, 2.45) is 0 Å². The van der Waals surface area contributed by atoms with Crippen LogP contribution in [0.15, 0.2) is 18.2 Å². The fourth-order valence-electron chi connectivity index (χ4n) is 1.62. The van der Waals surface area contributed by atoms with Gasteiger partial charge in [0.05, 0.1) is 5.56 Å². The fourth-order valence-corrected chi connectivity index (χ4v) is 2.70. The summed E-state index contributed by atoms with van der Waals surface area (Å²) in [5, 5.41) is 12.0. The largest absolute Gasteiger partial charge is 0.296 e. The Bertz CT molecular complexity index is 642. The molecule has 1 amide bonds. The monoisotopic (exact) mass is 297 g/mol. The van der Waals surface area contributed by atoms with E-state index in [1.54, 1.807) is 0 Å². The Morgan fingerprint density at radius 1 is 1.42 bits per heavy atom. The lowest BCUT2D eigenvalue weighted by Gasteiger charge is -2.02. The molecule has 1 aromatic heterocycles. The van der Waals surface area contributed by atoms with Crippen molar-refractivity contribution in [3.05, 3.63) is 39.6 Å². The van der Waals surface area contributed by atoms with E-state index in [9.17, 15) is 9.18 Å². The number of halogens is 2. The van der Waals surface area contributed by atoms with E-state index in [1.807, 2.05) is 0 Å². The average molecular weight is 298 g/mol. The molecular weight excluding hydrogens is 289 g/mol. The van der Waals surface area contributed by atoms with E-state index >= 15 is 0 Å². The zero-order valence-corrected chi connectivity index (χ0v) is 11.3. The summed E-state index contributed by atoms with van der Waals surface area (Å²) in [5.74, 6) is -0.710. The van der Waals surface area contributed by atoms with Gasteiger partial charge in [-0.15, -0.1) is 10.2 Å². The van der Waals surface area contributed by atoms with Crippen LogP contribution >= 0.6 is 22.9 Å². The lowest BCUT2D eigenvalue weighted by Crippen LogP contribution is -2.13. The molecule has 1 N–H and O–H groups in total. The van der Waals surface area contributed by atoms with Crippen LogP contribution in [0.5, 0.6) is 0 Å². The number of anilines is 1. The summed E-state index contributed by atoms with van der Waals surface area (Å²) in [6.07, 6.45) is 2.23. The minimum atomic E-state index is -0.617. The number of benzene rings is 1. The first kappa shape index (κ1) is 12.5. The predicted molar refractivity (Wildman–Crippen MR) is 71.2 cm³/mol. The highest BCUT2D eigenvalue weighted by atomic mass is 35.5. The number of nitrogens with one attached hydrogen (secondary N) is 1. The molecule has 3 rings (SSSR count). The van der Waals surface area contributed by atoms with Crippen LogP contribution in [-0.4, -0.2) is 16.1 Å². The maximum atomic E-state index is 13.5. The first-order valence-corrected chi connectivity index (χ1v) is 6.93. The highest BCUT2D eigenvalue weighted by molar-refractivity contribution is 7.15. The molecule has 0 radical (unpaired) electrons. The molecular formula is C12H9ClFN3OS. The molecule has 0 aliphatic heterocycles. The quantitative estimate of drug-likeness (QED) is 0.944. The van der Waals surface area contributed by atoms with Gasteiger partial charge in [-0.25, -0.2) is 4.39 Å². The lowest BCUT2D eigenvalue weighted by molar-refractivity contribution is 0.102. The molecule has 2 aromatic rings. The lowest BCUT2D eigenvalue weighted by atomic mass is 10.2. The molecule has 0 saturated heterocycles. The molecule has 1 aromatic carbocycles. The molecule has 1 saturated carbocycles. The molecule has 98 valence electrons. The van der Waals surface area contributed by atoms with Gasteiger partial charge in [-0.3, -0.25) is 10.1 Å². The number of carbonyl (C=O) groups is 1. The Kier molecular flexibility index (Phi) is 3.20. The number of nitrogens with zero attached hydrogens (tertiary/aromatic N) is 2. The van der Waals surface area contributed by atoms with Crippen molar-refractivity contribution in [3.8, 4) is 0 Å². The van der Waals surface area contributed by atoms with Crippen LogP contribution < -0.4 is 5.32 Å². The number of rotatable bonds is 3. The number of carbonyl (C=O) groups excluding carboxylic acids is 1. The molecule has 1 fully saturated rings. The molecule has 7 heteroatoms. The zero-order chi connectivity index (χ0) is 13.4. The minimum absolute atomic E-state index is 0.101. The van der Waals surface area contributed by atoms with Crippen molar-refractivity contribution < 1.29 is 9.18 Å². The van der Waals surface area contributed by atoms with Crippen molar-refractivity contribution >= 4 is 34.0 Å². The van der Waals surface area contributed by atoms with Crippen LogP contribution in [0.25, 0.3) is 0 Å². The molecule has 0 spiro atoms. The smallest absolute Gasteiger partial charge is 0.260 e. The summed E-state index contributed by atoms with van der Waals surface area (Å²) in [6, 6.07) is 3.84. The molecule has 19 heavy (non-hydrogen) atoms. The highest BCUT2D eigenvalue weighted by Gasteiger charge is 2.28. The average Bonchev–Trinajstić information content (AvgIpc) is 3.13. The second kappa shape index (κ2) is 4.86. The Balaban J connectivity index is 1.77. The topological polar surface area (TPSA) is 54.9 Å². The minimum Gasteiger partial charge on any atom is -0.296 e. The van der Waals surface area contributed by atoms with Crippen LogP contribution in [-0.2, 0) is 0 Å². The van der Waals surface area contributed by atoms with Crippen LogP contribution in [0.1, 0.15) is 34.1 Å². The summed E-state index contributed by atoms with van der Waals surface area (Å²) in [5.41, 5.74) is -0.101. The van der Waals surface area contributed by atoms with Gasteiger partial charge in [0.2, 0.25) is 5.13 Å². The third-order valence-electron chi connectivity index (χ3n) is 2.76. The van der Waals surface area contributed by atoms with Gasteiger partial charge in [0.25, 0.3) is 5.91 Å². The first-order valence-electron chi connectivity index (χ1n) is 5.73. The first-order chi connectivity index (χ1) is 9.13. The van der Waals surface area contributed by atoms with E-state index < -0.39 is 11.7 Å². The van der Waals surface area contributed by atoms with Crippen LogP contribution in [0.3, 0.4) is 0 Å².